The number of benzene rings is 1. The summed E-state index contributed by atoms with van der Waals surface area (Å²) in [6.07, 6.45) is 2.37. The van der Waals surface area contributed by atoms with Gasteiger partial charge in [0.15, 0.2) is 0 Å². The number of hydrogen-bond donors (Lipinski definition) is 3. The van der Waals surface area contributed by atoms with Crippen LogP contribution in [0.2, 0.25) is 0 Å². The molecule has 0 saturated carbocycles. The second-order valence-corrected chi connectivity index (χ2v) is 4.76. The number of para-hydroxylation sites is 1. The third-order valence-electron chi connectivity index (χ3n) is 3.21. The number of aromatic hydroxyl groups is 1. The van der Waals surface area contributed by atoms with Gasteiger partial charge in [-0.1, -0.05) is 12.1 Å². The normalized spacial score (nSPS) is 11.0. The summed E-state index contributed by atoms with van der Waals surface area (Å²) in [4.78, 5) is 11.7. The van der Waals surface area contributed by atoms with E-state index in [-0.39, 0.29) is 11.7 Å². The van der Waals surface area contributed by atoms with Crippen LogP contribution in [-0.2, 0) is 11.2 Å². The molecule has 0 spiro atoms. The van der Waals surface area contributed by atoms with Gasteiger partial charge in [0.25, 0.3) is 0 Å². The molecule has 6 heteroatoms. The SMILES string of the molecule is Cc1n[nH]c(C)c1CCC(=O)NN=Cc1ccccc1O. The Hall–Kier alpha value is -2.63. The van der Waals surface area contributed by atoms with Crippen molar-refractivity contribution in [2.45, 2.75) is 26.7 Å². The fourth-order valence-electron chi connectivity index (χ4n) is 2.01. The van der Waals surface area contributed by atoms with E-state index in [0.29, 0.717) is 18.4 Å². The van der Waals surface area contributed by atoms with Crippen molar-refractivity contribution in [1.82, 2.24) is 15.6 Å². The summed E-state index contributed by atoms with van der Waals surface area (Å²) in [5.74, 6) is -0.0539. The number of carbonyl (C=O) groups is 1. The van der Waals surface area contributed by atoms with Crippen molar-refractivity contribution in [2.24, 2.45) is 5.10 Å². The van der Waals surface area contributed by atoms with E-state index in [1.54, 1.807) is 24.3 Å². The van der Waals surface area contributed by atoms with Crippen LogP contribution in [0, 0.1) is 13.8 Å². The third kappa shape index (κ3) is 3.92. The molecule has 0 fully saturated rings. The van der Waals surface area contributed by atoms with Gasteiger partial charge in [0.2, 0.25) is 5.91 Å². The predicted molar refractivity (Wildman–Crippen MR) is 80.2 cm³/mol. The zero-order valence-electron chi connectivity index (χ0n) is 12.1. The Morgan fingerprint density at radius 3 is 2.86 bits per heavy atom. The number of H-pyrrole nitrogens is 1. The minimum Gasteiger partial charge on any atom is -0.507 e. The van der Waals surface area contributed by atoms with E-state index in [4.69, 9.17) is 0 Å². The first-order valence-electron chi connectivity index (χ1n) is 6.68. The molecule has 21 heavy (non-hydrogen) atoms. The van der Waals surface area contributed by atoms with Gasteiger partial charge in [-0.3, -0.25) is 9.89 Å². The predicted octanol–water partition coefficient (Wildman–Crippen LogP) is 1.82. The summed E-state index contributed by atoms with van der Waals surface area (Å²) >= 11 is 0. The van der Waals surface area contributed by atoms with Crippen molar-refractivity contribution >= 4 is 12.1 Å². The van der Waals surface area contributed by atoms with Crippen LogP contribution in [0.5, 0.6) is 5.75 Å². The lowest BCUT2D eigenvalue weighted by Gasteiger charge is -2.01. The molecule has 1 heterocycles. The molecule has 2 rings (SSSR count). The zero-order valence-corrected chi connectivity index (χ0v) is 12.1. The molecular weight excluding hydrogens is 268 g/mol. The minimum absolute atomic E-state index is 0.125. The van der Waals surface area contributed by atoms with Crippen molar-refractivity contribution < 1.29 is 9.90 Å². The van der Waals surface area contributed by atoms with Crippen LogP contribution in [0.3, 0.4) is 0 Å². The second kappa shape index (κ2) is 6.69. The first-order chi connectivity index (χ1) is 10.1. The number of nitrogens with zero attached hydrogens (tertiary/aromatic N) is 2. The number of phenols is 1. The van der Waals surface area contributed by atoms with Gasteiger partial charge in [-0.15, -0.1) is 0 Å². The first kappa shape index (κ1) is 14.8. The molecule has 0 unspecified atom stereocenters. The van der Waals surface area contributed by atoms with Gasteiger partial charge in [-0.05, 0) is 38.0 Å². The van der Waals surface area contributed by atoms with Gasteiger partial charge in [0.05, 0.1) is 11.9 Å². The van der Waals surface area contributed by atoms with Crippen LogP contribution in [0.1, 0.15) is 28.9 Å². The molecular formula is C15H18N4O2. The molecule has 1 amide bonds. The number of hydrogen-bond acceptors (Lipinski definition) is 4. The number of aryl methyl sites for hydroxylation is 2. The number of aromatic nitrogens is 2. The monoisotopic (exact) mass is 286 g/mol. The van der Waals surface area contributed by atoms with Gasteiger partial charge < -0.3 is 5.11 Å². The van der Waals surface area contributed by atoms with Gasteiger partial charge in [0.1, 0.15) is 5.75 Å². The average Bonchev–Trinajstić information content (AvgIpc) is 2.78. The third-order valence-corrected chi connectivity index (χ3v) is 3.21. The number of amides is 1. The number of nitrogens with one attached hydrogen (secondary N) is 2. The highest BCUT2D eigenvalue weighted by molar-refractivity contribution is 5.85. The van der Waals surface area contributed by atoms with E-state index in [1.165, 1.54) is 6.21 Å². The van der Waals surface area contributed by atoms with Crippen molar-refractivity contribution in [3.05, 3.63) is 46.8 Å². The largest absolute Gasteiger partial charge is 0.507 e. The molecule has 3 N–H and O–H groups in total. The fourth-order valence-corrected chi connectivity index (χ4v) is 2.01. The van der Waals surface area contributed by atoms with Crippen LogP contribution in [0.4, 0.5) is 0 Å². The van der Waals surface area contributed by atoms with Gasteiger partial charge in [0, 0.05) is 17.7 Å². The van der Waals surface area contributed by atoms with E-state index < -0.39 is 0 Å². The molecule has 2 aromatic rings. The van der Waals surface area contributed by atoms with E-state index >= 15 is 0 Å². The lowest BCUT2D eigenvalue weighted by atomic mass is 10.1. The topological polar surface area (TPSA) is 90.4 Å². The Kier molecular flexibility index (Phi) is 4.71. The maximum atomic E-state index is 11.7. The molecule has 0 aliphatic rings. The molecule has 0 saturated heterocycles. The number of aromatic amines is 1. The van der Waals surface area contributed by atoms with Crippen LogP contribution in [-0.4, -0.2) is 27.4 Å². The fraction of sp³-hybridized carbons (Fsp3) is 0.267. The summed E-state index contributed by atoms with van der Waals surface area (Å²) in [7, 11) is 0. The Bertz CT molecular complexity index is 642. The molecule has 1 aromatic heterocycles. The van der Waals surface area contributed by atoms with Crippen LogP contribution < -0.4 is 5.43 Å². The highest BCUT2D eigenvalue weighted by Gasteiger charge is 2.08. The molecule has 0 atom stereocenters. The lowest BCUT2D eigenvalue weighted by molar-refractivity contribution is -0.121. The maximum absolute atomic E-state index is 11.7. The van der Waals surface area contributed by atoms with Gasteiger partial charge in [-0.2, -0.15) is 10.2 Å². The Morgan fingerprint density at radius 2 is 2.19 bits per heavy atom. The molecule has 0 bridgehead atoms. The zero-order chi connectivity index (χ0) is 15.2. The van der Waals surface area contributed by atoms with E-state index in [9.17, 15) is 9.90 Å². The second-order valence-electron chi connectivity index (χ2n) is 4.76. The van der Waals surface area contributed by atoms with Crippen LogP contribution >= 0.6 is 0 Å². The smallest absolute Gasteiger partial charge is 0.240 e. The Balaban J connectivity index is 1.84. The van der Waals surface area contributed by atoms with Crippen molar-refractivity contribution in [2.75, 3.05) is 0 Å². The first-order valence-corrected chi connectivity index (χ1v) is 6.68. The van der Waals surface area contributed by atoms with Crippen molar-refractivity contribution in [3.63, 3.8) is 0 Å². The number of phenolic OH excluding ortho intramolecular Hbond substituents is 1. The lowest BCUT2D eigenvalue weighted by Crippen LogP contribution is -2.18. The summed E-state index contributed by atoms with van der Waals surface area (Å²) in [6, 6.07) is 6.78. The molecule has 0 aliphatic carbocycles. The highest BCUT2D eigenvalue weighted by Crippen LogP contribution is 2.13. The number of rotatable bonds is 5. The Labute approximate surface area is 122 Å². The van der Waals surface area contributed by atoms with E-state index in [2.05, 4.69) is 20.7 Å². The molecule has 1 aromatic carbocycles. The molecule has 110 valence electrons. The molecule has 6 nitrogen and oxygen atoms in total. The summed E-state index contributed by atoms with van der Waals surface area (Å²) in [5.41, 5.74) is 5.97. The average molecular weight is 286 g/mol. The van der Waals surface area contributed by atoms with E-state index in [1.807, 2.05) is 13.8 Å². The van der Waals surface area contributed by atoms with Crippen molar-refractivity contribution in [1.29, 1.82) is 0 Å². The quantitative estimate of drug-likeness (QED) is 0.578. The summed E-state index contributed by atoms with van der Waals surface area (Å²) in [5, 5.41) is 20.4. The standard InChI is InChI=1S/C15H18N4O2/c1-10-13(11(2)18-17-10)7-8-15(21)19-16-9-12-5-3-4-6-14(12)20/h3-6,9,20H,7-8H2,1-2H3,(H,17,18)(H,19,21). The Morgan fingerprint density at radius 1 is 1.43 bits per heavy atom. The highest BCUT2D eigenvalue weighted by atomic mass is 16.3. The summed E-state index contributed by atoms with van der Waals surface area (Å²) < 4.78 is 0. The molecule has 0 aliphatic heterocycles. The van der Waals surface area contributed by atoms with Gasteiger partial charge in [-0.25, -0.2) is 5.43 Å². The van der Waals surface area contributed by atoms with Crippen LogP contribution in [0.15, 0.2) is 29.4 Å². The number of carbonyl (C=O) groups excluding carboxylic acids is 1. The summed E-state index contributed by atoms with van der Waals surface area (Å²) in [6.45, 7) is 3.84. The minimum atomic E-state index is -0.179. The maximum Gasteiger partial charge on any atom is 0.240 e. The van der Waals surface area contributed by atoms with E-state index in [0.717, 1.165) is 17.0 Å². The van der Waals surface area contributed by atoms with Gasteiger partial charge >= 0.3 is 0 Å². The number of hydrazone groups is 1. The van der Waals surface area contributed by atoms with Crippen molar-refractivity contribution in [3.8, 4) is 5.75 Å². The van der Waals surface area contributed by atoms with Crippen LogP contribution in [0.25, 0.3) is 0 Å². The molecule has 0 radical (unpaired) electrons.